The second-order valence-electron chi connectivity index (χ2n) is 5.59. The number of rotatable bonds is 21. The summed E-state index contributed by atoms with van der Waals surface area (Å²) in [6, 6.07) is 0. The van der Waals surface area contributed by atoms with Crippen LogP contribution in [0.2, 0.25) is 0 Å². The molecule has 0 aromatic rings. The molecule has 0 aliphatic rings. The first kappa shape index (κ1) is 33.0. The van der Waals surface area contributed by atoms with Gasteiger partial charge < -0.3 is 26.6 Å². The molecule has 0 saturated heterocycles. The lowest BCUT2D eigenvalue weighted by Gasteiger charge is -2.31. The van der Waals surface area contributed by atoms with E-state index in [1.807, 2.05) is 0 Å². The van der Waals surface area contributed by atoms with E-state index in [9.17, 15) is 0 Å². The van der Waals surface area contributed by atoms with Gasteiger partial charge in [0.25, 0.3) is 0 Å². The third-order valence-corrected chi connectivity index (χ3v) is 28.6. The van der Waals surface area contributed by atoms with E-state index in [2.05, 4.69) is 13.8 Å². The Balaban J connectivity index is 4.28. The van der Waals surface area contributed by atoms with E-state index in [-0.39, 0.29) is 9.75 Å². The molecule has 0 aliphatic heterocycles. The van der Waals surface area contributed by atoms with Crippen LogP contribution in [0, 0.1) is 0 Å². The van der Waals surface area contributed by atoms with Crippen molar-refractivity contribution < 1.29 is 26.6 Å². The minimum absolute atomic E-state index is 0.216. The first-order chi connectivity index (χ1) is 14.5. The van der Waals surface area contributed by atoms with Gasteiger partial charge in [-0.25, -0.2) is 0 Å². The van der Waals surface area contributed by atoms with Gasteiger partial charge in [-0.2, -0.15) is 0 Å². The second kappa shape index (κ2) is 20.2. The van der Waals surface area contributed by atoms with Gasteiger partial charge in [0.05, 0.1) is 9.75 Å². The Hall–Kier alpha value is 2.99. The summed E-state index contributed by atoms with van der Waals surface area (Å²) in [4.78, 5) is 0.432. The van der Waals surface area contributed by atoms with Gasteiger partial charge in [0.15, 0.2) is 0 Å². The Labute approximate surface area is 214 Å². The highest BCUT2D eigenvalue weighted by Crippen LogP contribution is 2.59. The quantitative estimate of drug-likeness (QED) is 0.0735. The number of hydrogen-bond donors (Lipinski definition) is 0. The lowest BCUT2D eigenvalue weighted by Crippen LogP contribution is -2.52. The van der Waals surface area contributed by atoms with E-state index in [4.69, 9.17) is 26.6 Å². The first-order valence-corrected chi connectivity index (χ1v) is 23.0. The van der Waals surface area contributed by atoms with Gasteiger partial charge in [0, 0.05) is 42.7 Å². The molecule has 0 N–H and O–H groups in total. The van der Waals surface area contributed by atoms with E-state index < -0.39 is 17.6 Å². The average Bonchev–Trinajstić information content (AvgIpc) is 2.78. The van der Waals surface area contributed by atoms with Crippen LogP contribution in [0.5, 0.6) is 0 Å². The van der Waals surface area contributed by atoms with Crippen molar-refractivity contribution in [2.45, 2.75) is 49.3 Å². The van der Waals surface area contributed by atoms with Gasteiger partial charge in [0.2, 0.25) is 0 Å². The Bertz CT molecular complexity index is 360. The van der Waals surface area contributed by atoms with Crippen molar-refractivity contribution in [3.8, 4) is 0 Å². The Morgan fingerprint density at radius 1 is 0.500 bits per heavy atom. The monoisotopic (exact) mass is 610 g/mol. The van der Waals surface area contributed by atoms with E-state index in [1.54, 1.807) is 123 Å². The van der Waals surface area contributed by atoms with Crippen LogP contribution in [0.3, 0.4) is 0 Å². The minimum atomic E-state index is -2.63. The predicted molar refractivity (Wildman–Crippen MR) is 152 cm³/mol. The Kier molecular flexibility index (Phi) is 22.2. The summed E-state index contributed by atoms with van der Waals surface area (Å²) in [5, 5.41) is 0. The van der Waals surface area contributed by atoms with Crippen molar-refractivity contribution in [1.82, 2.24) is 0 Å². The van der Waals surface area contributed by atoms with E-state index in [0.29, 0.717) is 0 Å². The lowest BCUT2D eigenvalue weighted by atomic mass is 10.4. The molecule has 0 aliphatic carbocycles. The van der Waals surface area contributed by atoms with Gasteiger partial charge in [-0.15, -0.1) is 0 Å². The summed E-state index contributed by atoms with van der Waals surface area (Å²) in [7, 11) is 18.9. The van der Waals surface area contributed by atoms with Crippen LogP contribution in [0.4, 0.5) is 0 Å². The highest BCUT2D eigenvalue weighted by Gasteiger charge is 2.48. The largest absolute Gasteiger partial charge is 0.514 e. The van der Waals surface area contributed by atoms with Crippen LogP contribution in [0.15, 0.2) is 0 Å². The highest BCUT2D eigenvalue weighted by molar-refractivity contribution is 9.48. The summed E-state index contributed by atoms with van der Waals surface area (Å²) in [6.07, 6.45) is 4.13. The fourth-order valence-electron chi connectivity index (χ4n) is 2.55. The zero-order chi connectivity index (χ0) is 22.9. The molecule has 16 heteroatoms. The van der Waals surface area contributed by atoms with Crippen molar-refractivity contribution >= 4 is 98.2 Å². The molecule has 6 nitrogen and oxygen atoms in total. The molecule has 0 rings (SSSR count). The summed E-state index contributed by atoms with van der Waals surface area (Å²) in [5.41, 5.74) is 0. The molecular weight excluding hydrogens is 577 g/mol. The Morgan fingerprint density at radius 3 is 1.00 bits per heavy atom. The molecule has 0 aromatic heterocycles. The van der Waals surface area contributed by atoms with Gasteiger partial charge >= 0.3 is 17.6 Å². The van der Waals surface area contributed by atoms with Crippen LogP contribution in [-0.4, -0.2) is 70.0 Å². The van der Waals surface area contributed by atoms with Crippen molar-refractivity contribution in [3.05, 3.63) is 0 Å². The third kappa shape index (κ3) is 11.2. The van der Waals surface area contributed by atoms with E-state index in [0.717, 1.165) is 25.7 Å². The molecule has 0 saturated carbocycles. The number of hydrogen-bond acceptors (Lipinski definition) is 14. The van der Waals surface area contributed by atoms with Gasteiger partial charge in [-0.05, 0) is 71.8 Å². The minimum Gasteiger partial charge on any atom is -0.376 e. The summed E-state index contributed by atoms with van der Waals surface area (Å²) in [5.74, 6) is 0. The Morgan fingerprint density at radius 2 is 0.767 bits per heavy atom. The fraction of sp³-hybridized carbons (Fsp3) is 1.00. The van der Waals surface area contributed by atoms with E-state index >= 15 is 0 Å². The van der Waals surface area contributed by atoms with Crippen LogP contribution in [-0.2, 0) is 26.6 Å². The second-order valence-corrected chi connectivity index (χ2v) is 26.0. The van der Waals surface area contributed by atoms with Crippen molar-refractivity contribution in [2.75, 3.05) is 42.7 Å². The fourth-order valence-corrected chi connectivity index (χ4v) is 30.6. The molecule has 0 radical (unpaired) electrons. The molecule has 0 spiro atoms. The highest BCUT2D eigenvalue weighted by atomic mass is 34.0. The normalized spacial score (nSPS) is 14.8. The molecule has 0 aromatic carbocycles. The van der Waals surface area contributed by atoms with Gasteiger partial charge in [-0.3, -0.25) is 0 Å². The van der Waals surface area contributed by atoms with Gasteiger partial charge in [0.1, 0.15) is 0 Å². The molecular formula is C14H34O6S8Si2. The maximum Gasteiger partial charge on any atom is 0.514 e. The third-order valence-electron chi connectivity index (χ3n) is 4.05. The van der Waals surface area contributed by atoms with Crippen molar-refractivity contribution in [2.24, 2.45) is 0 Å². The van der Waals surface area contributed by atoms with Gasteiger partial charge in [-0.1, -0.05) is 48.3 Å². The molecule has 30 heavy (non-hydrogen) atoms. The molecule has 0 bridgehead atoms. The van der Waals surface area contributed by atoms with Crippen LogP contribution in [0.25, 0.3) is 0 Å². The zero-order valence-corrected chi connectivity index (χ0v) is 27.2. The molecule has 2 unspecified atom stereocenters. The smallest absolute Gasteiger partial charge is 0.376 e. The summed E-state index contributed by atoms with van der Waals surface area (Å²) >= 11 is 0. The van der Waals surface area contributed by atoms with Crippen LogP contribution >= 0.6 is 80.5 Å². The summed E-state index contributed by atoms with van der Waals surface area (Å²) < 4.78 is 34.0. The molecule has 0 heterocycles. The first-order valence-electron chi connectivity index (χ1n) is 9.12. The average molecular weight is 611 g/mol. The van der Waals surface area contributed by atoms with Crippen LogP contribution < -0.4 is 0 Å². The molecule has 0 amide bonds. The van der Waals surface area contributed by atoms with Crippen molar-refractivity contribution in [3.63, 3.8) is 0 Å². The maximum atomic E-state index is 5.66. The van der Waals surface area contributed by atoms with Crippen molar-refractivity contribution in [1.29, 1.82) is 0 Å². The molecule has 182 valence electrons. The lowest BCUT2D eigenvalue weighted by molar-refractivity contribution is 0.120. The topological polar surface area (TPSA) is 55.4 Å². The standard InChI is InChI=1S/C14H34O6S8Si2/c1-9-11-13(29(15-3,16-4)17-5)21-23-25-27-28-26-24-22-14(12-10-2)30(18-6,19-7)20-8/h13-14H,9-12H2,1-8H3. The molecule has 0 fully saturated rings. The zero-order valence-electron chi connectivity index (χ0n) is 18.7. The summed E-state index contributed by atoms with van der Waals surface area (Å²) in [6.45, 7) is 4.34. The SMILES string of the molecule is CCCC(SSSSSSSSC(CCC)[Si](OC)(OC)OC)[Si](OC)(OC)OC. The maximum absolute atomic E-state index is 5.66. The molecule has 2 atom stereocenters. The van der Waals surface area contributed by atoms with E-state index in [1.165, 1.54) is 0 Å². The van der Waals surface area contributed by atoms with Crippen LogP contribution in [0.1, 0.15) is 39.5 Å². The predicted octanol–water partition coefficient (Wildman–Crippen LogP) is 7.43.